The van der Waals surface area contributed by atoms with Gasteiger partial charge in [0.15, 0.2) is 0 Å². The Morgan fingerprint density at radius 1 is 1.29 bits per heavy atom. The van der Waals surface area contributed by atoms with Crippen LogP contribution in [0.1, 0.15) is 29.3 Å². The molecule has 2 heterocycles. The zero-order valence-electron chi connectivity index (χ0n) is 13.2. The van der Waals surface area contributed by atoms with Crippen molar-refractivity contribution in [2.24, 2.45) is 0 Å². The number of hydrogen-bond donors (Lipinski definition) is 1. The van der Waals surface area contributed by atoms with Gasteiger partial charge in [-0.1, -0.05) is 29.8 Å². The Kier molecular flexibility index (Phi) is 3.97. The van der Waals surface area contributed by atoms with E-state index in [4.69, 9.17) is 21.8 Å². The zero-order chi connectivity index (χ0) is 16.5. The van der Waals surface area contributed by atoms with Crippen LogP contribution in [0.4, 0.5) is 0 Å². The van der Waals surface area contributed by atoms with Gasteiger partial charge in [-0.3, -0.25) is 4.90 Å². The number of benzene rings is 2. The van der Waals surface area contributed by atoms with Crippen LogP contribution in [0.3, 0.4) is 0 Å². The number of H-pyrrole nitrogens is 1. The summed E-state index contributed by atoms with van der Waals surface area (Å²) in [5.74, 6) is 1.41. The first-order chi connectivity index (χ1) is 11.7. The number of rotatable bonds is 3. The molecule has 0 radical (unpaired) electrons. The molecular weight excluding hydrogens is 320 g/mol. The van der Waals surface area contributed by atoms with Gasteiger partial charge in [-0.05, 0) is 42.8 Å². The van der Waals surface area contributed by atoms with Crippen molar-refractivity contribution in [3.8, 4) is 6.07 Å². The van der Waals surface area contributed by atoms with Gasteiger partial charge < -0.3 is 4.98 Å². The van der Waals surface area contributed by atoms with Gasteiger partial charge in [0, 0.05) is 24.0 Å². The third-order valence-corrected chi connectivity index (χ3v) is 5.01. The Labute approximate surface area is 145 Å². The molecule has 1 fully saturated rings. The van der Waals surface area contributed by atoms with Crippen LogP contribution < -0.4 is 0 Å². The molecule has 0 saturated carbocycles. The van der Waals surface area contributed by atoms with Crippen molar-refractivity contribution in [3.05, 3.63) is 64.4 Å². The minimum atomic E-state index is 0.394. The smallest absolute Gasteiger partial charge is 0.111 e. The van der Waals surface area contributed by atoms with Gasteiger partial charge in [0.25, 0.3) is 0 Å². The second-order valence-electron chi connectivity index (χ2n) is 6.28. The third kappa shape index (κ3) is 2.89. The van der Waals surface area contributed by atoms with E-state index >= 15 is 0 Å². The molecule has 0 spiro atoms. The number of nitrogens with one attached hydrogen (secondary N) is 1. The van der Waals surface area contributed by atoms with Crippen LogP contribution in [0.15, 0.2) is 42.5 Å². The molecule has 1 aromatic heterocycles. The van der Waals surface area contributed by atoms with Crippen molar-refractivity contribution in [2.75, 3.05) is 13.1 Å². The van der Waals surface area contributed by atoms with Gasteiger partial charge >= 0.3 is 0 Å². The summed E-state index contributed by atoms with van der Waals surface area (Å²) in [5.41, 5.74) is 3.69. The van der Waals surface area contributed by atoms with Crippen molar-refractivity contribution >= 4 is 22.6 Å². The summed E-state index contributed by atoms with van der Waals surface area (Å²) in [7, 11) is 0. The number of likely N-dealkylation sites (tertiary alicyclic amines) is 1. The van der Waals surface area contributed by atoms with Crippen LogP contribution >= 0.6 is 11.6 Å². The molecule has 3 aromatic rings. The molecule has 4 nitrogen and oxygen atoms in total. The number of nitrogens with zero attached hydrogens (tertiary/aromatic N) is 3. The molecule has 5 heteroatoms. The first-order valence-corrected chi connectivity index (χ1v) is 8.46. The topological polar surface area (TPSA) is 55.7 Å². The maximum atomic E-state index is 9.01. The molecule has 0 unspecified atom stereocenters. The van der Waals surface area contributed by atoms with Crippen molar-refractivity contribution < 1.29 is 0 Å². The minimum Gasteiger partial charge on any atom is -0.342 e. The van der Waals surface area contributed by atoms with Crippen LogP contribution in [-0.2, 0) is 6.54 Å². The predicted octanol–water partition coefficient (Wildman–Crippen LogP) is 4.08. The molecule has 2 aromatic carbocycles. The highest BCUT2D eigenvalue weighted by Crippen LogP contribution is 2.29. The summed E-state index contributed by atoms with van der Waals surface area (Å²) in [5, 5.41) is 9.84. The monoisotopic (exact) mass is 336 g/mol. The summed E-state index contributed by atoms with van der Waals surface area (Å²) in [6.07, 6.45) is 1.08. The fourth-order valence-electron chi connectivity index (χ4n) is 3.36. The van der Waals surface area contributed by atoms with Crippen molar-refractivity contribution in [1.82, 2.24) is 14.9 Å². The number of aromatic amines is 1. The van der Waals surface area contributed by atoms with Crippen LogP contribution in [0.25, 0.3) is 11.0 Å². The lowest BCUT2D eigenvalue weighted by atomic mass is 10.1. The first kappa shape index (κ1) is 15.2. The standard InChI is InChI=1S/C19H17ClN4/c20-16-4-2-1-3-14(16)11-24-8-7-15(12-24)19-22-17-6-5-13(10-21)9-18(17)23-19/h1-6,9,15H,7-8,11-12H2,(H,22,23)/t15-/m0/s1. The third-order valence-electron chi connectivity index (χ3n) is 4.64. The maximum Gasteiger partial charge on any atom is 0.111 e. The van der Waals surface area contributed by atoms with E-state index in [1.807, 2.05) is 36.4 Å². The summed E-state index contributed by atoms with van der Waals surface area (Å²) in [6.45, 7) is 2.88. The summed E-state index contributed by atoms with van der Waals surface area (Å²) >= 11 is 6.27. The lowest BCUT2D eigenvalue weighted by molar-refractivity contribution is 0.326. The van der Waals surface area contributed by atoms with E-state index < -0.39 is 0 Å². The second kappa shape index (κ2) is 6.27. The fourth-order valence-corrected chi connectivity index (χ4v) is 3.55. The highest BCUT2D eigenvalue weighted by Gasteiger charge is 2.26. The van der Waals surface area contributed by atoms with Crippen LogP contribution in [0, 0.1) is 11.3 Å². The van der Waals surface area contributed by atoms with Gasteiger partial charge in [-0.25, -0.2) is 4.98 Å². The first-order valence-electron chi connectivity index (χ1n) is 8.08. The average molecular weight is 337 g/mol. The van der Waals surface area contributed by atoms with Gasteiger partial charge in [-0.15, -0.1) is 0 Å². The van der Waals surface area contributed by atoms with Crippen LogP contribution in [0.2, 0.25) is 5.02 Å². The van der Waals surface area contributed by atoms with Crippen molar-refractivity contribution in [1.29, 1.82) is 5.26 Å². The Morgan fingerprint density at radius 3 is 3.00 bits per heavy atom. The fraction of sp³-hybridized carbons (Fsp3) is 0.263. The molecule has 4 rings (SSSR count). The molecule has 24 heavy (non-hydrogen) atoms. The number of fused-ring (bicyclic) bond motifs is 1. The SMILES string of the molecule is N#Cc1ccc2nc([C@H]3CCN(Cc4ccccc4Cl)C3)[nH]c2c1. The Morgan fingerprint density at radius 2 is 2.17 bits per heavy atom. The number of nitriles is 1. The predicted molar refractivity (Wildman–Crippen MR) is 94.9 cm³/mol. The molecule has 1 aliphatic rings. The molecule has 0 aliphatic carbocycles. The molecule has 1 N–H and O–H groups in total. The second-order valence-corrected chi connectivity index (χ2v) is 6.69. The lowest BCUT2D eigenvalue weighted by Gasteiger charge is -2.16. The maximum absolute atomic E-state index is 9.01. The Hall–Kier alpha value is -2.35. The quantitative estimate of drug-likeness (QED) is 0.784. The van der Waals surface area contributed by atoms with E-state index in [1.165, 1.54) is 5.56 Å². The van der Waals surface area contributed by atoms with E-state index in [1.54, 1.807) is 0 Å². The van der Waals surface area contributed by atoms with E-state index in [0.29, 0.717) is 11.5 Å². The van der Waals surface area contributed by atoms with Gasteiger partial charge in [0.2, 0.25) is 0 Å². The summed E-state index contributed by atoms with van der Waals surface area (Å²) < 4.78 is 0. The van der Waals surface area contributed by atoms with Crippen LogP contribution in [-0.4, -0.2) is 28.0 Å². The van der Waals surface area contributed by atoms with Crippen molar-refractivity contribution in [2.45, 2.75) is 18.9 Å². The molecule has 1 aliphatic heterocycles. The Balaban J connectivity index is 1.50. The highest BCUT2D eigenvalue weighted by atomic mass is 35.5. The number of hydrogen-bond acceptors (Lipinski definition) is 3. The minimum absolute atomic E-state index is 0.394. The summed E-state index contributed by atoms with van der Waals surface area (Å²) in [4.78, 5) is 10.5. The van der Waals surface area contributed by atoms with Gasteiger partial charge in [0.1, 0.15) is 5.82 Å². The number of imidazole rings is 1. The van der Waals surface area contributed by atoms with Gasteiger partial charge in [0.05, 0.1) is 22.7 Å². The number of aromatic nitrogens is 2. The zero-order valence-corrected chi connectivity index (χ0v) is 13.9. The normalized spacial score (nSPS) is 18.1. The largest absolute Gasteiger partial charge is 0.342 e. The molecular formula is C19H17ClN4. The molecule has 120 valence electrons. The highest BCUT2D eigenvalue weighted by molar-refractivity contribution is 6.31. The van der Waals surface area contributed by atoms with E-state index in [2.05, 4.69) is 22.0 Å². The molecule has 1 atom stereocenters. The van der Waals surface area contributed by atoms with E-state index in [0.717, 1.165) is 47.9 Å². The summed E-state index contributed by atoms with van der Waals surface area (Å²) in [6, 6.07) is 15.8. The van der Waals surface area contributed by atoms with Crippen LogP contribution in [0.5, 0.6) is 0 Å². The van der Waals surface area contributed by atoms with E-state index in [9.17, 15) is 0 Å². The van der Waals surface area contributed by atoms with Gasteiger partial charge in [-0.2, -0.15) is 5.26 Å². The van der Waals surface area contributed by atoms with Crippen molar-refractivity contribution in [3.63, 3.8) is 0 Å². The molecule has 1 saturated heterocycles. The number of halogens is 1. The lowest BCUT2D eigenvalue weighted by Crippen LogP contribution is -2.20. The molecule has 0 amide bonds. The molecule has 0 bridgehead atoms. The Bertz CT molecular complexity index is 925. The average Bonchev–Trinajstić information content (AvgIpc) is 3.22. The van der Waals surface area contributed by atoms with E-state index in [-0.39, 0.29) is 0 Å².